The Bertz CT molecular complexity index is 277. The summed E-state index contributed by atoms with van der Waals surface area (Å²) in [5.74, 6) is 0.936. The van der Waals surface area contributed by atoms with Crippen LogP contribution in [0.4, 0.5) is 0 Å². The minimum absolute atomic E-state index is 0.270. The molecule has 1 aliphatic heterocycles. The highest BCUT2D eigenvalue weighted by molar-refractivity contribution is 7.90. The van der Waals surface area contributed by atoms with E-state index in [-0.39, 0.29) is 5.75 Å². The summed E-state index contributed by atoms with van der Waals surface area (Å²) in [7, 11) is -2.84. The minimum Gasteiger partial charge on any atom is -0.299 e. The fourth-order valence-corrected chi connectivity index (χ4v) is 2.91. The van der Waals surface area contributed by atoms with Gasteiger partial charge >= 0.3 is 0 Å². The Morgan fingerprint density at radius 2 is 2.13 bits per heavy atom. The fraction of sp³-hybridized carbons (Fsp3) is 1.00. The van der Waals surface area contributed by atoms with E-state index in [1.807, 2.05) is 0 Å². The van der Waals surface area contributed by atoms with Crippen LogP contribution in [0.15, 0.2) is 0 Å². The van der Waals surface area contributed by atoms with Crippen LogP contribution in [0.5, 0.6) is 0 Å². The van der Waals surface area contributed by atoms with Crippen LogP contribution < -0.4 is 0 Å². The molecule has 1 unspecified atom stereocenters. The van der Waals surface area contributed by atoms with Crippen LogP contribution in [0, 0.1) is 0 Å². The van der Waals surface area contributed by atoms with Crippen molar-refractivity contribution in [1.82, 2.24) is 4.90 Å². The molecular weight excluding hydrogens is 234 g/mol. The predicted octanol–water partition coefficient (Wildman–Crippen LogP) is 1.51. The summed E-state index contributed by atoms with van der Waals surface area (Å²) in [4.78, 5) is 2.28. The normalized spacial score (nSPS) is 24.3. The average Bonchev–Trinajstić information content (AvgIpc) is 2.16. The van der Waals surface area contributed by atoms with Crippen LogP contribution >= 0.6 is 11.6 Å². The largest absolute Gasteiger partial charge is 0.299 e. The molecule has 1 heterocycles. The van der Waals surface area contributed by atoms with Crippen molar-refractivity contribution in [3.8, 4) is 0 Å². The first kappa shape index (κ1) is 13.3. The highest BCUT2D eigenvalue weighted by atomic mass is 35.5. The van der Waals surface area contributed by atoms with Crippen molar-refractivity contribution in [2.75, 3.05) is 31.0 Å². The monoisotopic (exact) mass is 253 g/mol. The molecule has 15 heavy (non-hydrogen) atoms. The lowest BCUT2D eigenvalue weighted by molar-refractivity contribution is 0.154. The number of piperidine rings is 1. The Balaban J connectivity index is 2.42. The molecule has 0 N–H and O–H groups in total. The Morgan fingerprint density at radius 1 is 1.40 bits per heavy atom. The van der Waals surface area contributed by atoms with Crippen molar-refractivity contribution >= 4 is 21.4 Å². The van der Waals surface area contributed by atoms with Crippen LogP contribution in [-0.2, 0) is 9.84 Å². The highest BCUT2D eigenvalue weighted by Crippen LogP contribution is 2.19. The quantitative estimate of drug-likeness (QED) is 0.697. The molecule has 0 aromatic heterocycles. The van der Waals surface area contributed by atoms with E-state index in [1.165, 1.54) is 19.1 Å². The molecule has 5 heteroatoms. The molecule has 0 bridgehead atoms. The summed E-state index contributed by atoms with van der Waals surface area (Å²) in [6.45, 7) is 1.69. The van der Waals surface area contributed by atoms with Gasteiger partial charge in [-0.25, -0.2) is 8.42 Å². The van der Waals surface area contributed by atoms with Crippen LogP contribution in [0.3, 0.4) is 0 Å². The molecule has 1 fully saturated rings. The van der Waals surface area contributed by atoms with E-state index in [4.69, 9.17) is 11.6 Å². The van der Waals surface area contributed by atoms with Gasteiger partial charge in [-0.15, -0.1) is 11.6 Å². The topological polar surface area (TPSA) is 37.4 Å². The van der Waals surface area contributed by atoms with E-state index in [0.717, 1.165) is 19.4 Å². The van der Waals surface area contributed by atoms with Crippen molar-refractivity contribution in [2.45, 2.75) is 31.7 Å². The molecule has 1 saturated heterocycles. The number of sulfone groups is 1. The van der Waals surface area contributed by atoms with E-state index < -0.39 is 9.84 Å². The first-order valence-corrected chi connectivity index (χ1v) is 8.10. The molecule has 0 saturated carbocycles. The standard InChI is InChI=1S/C10H20ClNO2S/c1-15(13,14)9-8-12-7-3-2-4-10(12)5-6-11/h10H,2-9H2,1H3. The van der Waals surface area contributed by atoms with Gasteiger partial charge in [0.1, 0.15) is 9.84 Å². The second-order valence-electron chi connectivity index (χ2n) is 4.29. The second-order valence-corrected chi connectivity index (χ2v) is 6.93. The number of likely N-dealkylation sites (tertiary alicyclic amines) is 1. The molecule has 3 nitrogen and oxygen atoms in total. The maximum Gasteiger partial charge on any atom is 0.148 e. The van der Waals surface area contributed by atoms with Gasteiger partial charge in [0, 0.05) is 24.7 Å². The van der Waals surface area contributed by atoms with Crippen molar-refractivity contribution in [2.24, 2.45) is 0 Å². The maximum atomic E-state index is 11.1. The lowest BCUT2D eigenvalue weighted by Crippen LogP contribution is -2.42. The smallest absolute Gasteiger partial charge is 0.148 e. The number of hydrogen-bond donors (Lipinski definition) is 0. The zero-order valence-corrected chi connectivity index (χ0v) is 10.9. The molecule has 1 aliphatic rings. The number of alkyl halides is 1. The van der Waals surface area contributed by atoms with Gasteiger partial charge in [-0.3, -0.25) is 4.90 Å². The molecule has 0 aromatic carbocycles. The van der Waals surface area contributed by atoms with Gasteiger partial charge < -0.3 is 0 Å². The summed E-state index contributed by atoms with van der Waals surface area (Å²) in [5, 5.41) is 0. The van der Waals surface area contributed by atoms with Crippen LogP contribution in [0.1, 0.15) is 25.7 Å². The predicted molar refractivity (Wildman–Crippen MR) is 64.3 cm³/mol. The number of halogens is 1. The van der Waals surface area contributed by atoms with Gasteiger partial charge in [-0.05, 0) is 25.8 Å². The molecule has 1 rings (SSSR count). The summed E-state index contributed by atoms with van der Waals surface area (Å²) < 4.78 is 22.2. The first-order valence-electron chi connectivity index (χ1n) is 5.50. The van der Waals surface area contributed by atoms with E-state index in [9.17, 15) is 8.42 Å². The third kappa shape index (κ3) is 5.18. The van der Waals surface area contributed by atoms with Gasteiger partial charge in [-0.1, -0.05) is 6.42 Å². The van der Waals surface area contributed by atoms with Gasteiger partial charge in [0.2, 0.25) is 0 Å². The number of rotatable bonds is 5. The van der Waals surface area contributed by atoms with E-state index in [0.29, 0.717) is 18.5 Å². The summed E-state index contributed by atoms with van der Waals surface area (Å²) in [6.07, 6.45) is 5.87. The Kier molecular flexibility index (Phi) is 5.36. The zero-order chi connectivity index (χ0) is 11.3. The fourth-order valence-electron chi connectivity index (χ4n) is 2.09. The molecule has 1 atom stereocenters. The van der Waals surface area contributed by atoms with Crippen LogP contribution in [0.2, 0.25) is 0 Å². The van der Waals surface area contributed by atoms with Gasteiger partial charge in [0.05, 0.1) is 5.75 Å². The number of hydrogen-bond acceptors (Lipinski definition) is 3. The molecule has 90 valence electrons. The lowest BCUT2D eigenvalue weighted by atomic mass is 10.0. The second kappa shape index (κ2) is 6.06. The lowest BCUT2D eigenvalue weighted by Gasteiger charge is -2.35. The minimum atomic E-state index is -2.84. The Hall–Kier alpha value is 0.200. The van der Waals surface area contributed by atoms with Crippen molar-refractivity contribution in [1.29, 1.82) is 0 Å². The van der Waals surface area contributed by atoms with E-state index >= 15 is 0 Å². The van der Waals surface area contributed by atoms with E-state index in [1.54, 1.807) is 0 Å². The number of nitrogens with zero attached hydrogens (tertiary/aromatic N) is 1. The molecule has 0 aliphatic carbocycles. The first-order chi connectivity index (χ1) is 7.03. The third-order valence-corrected chi connectivity index (χ3v) is 4.08. The van der Waals surface area contributed by atoms with Crippen LogP contribution in [-0.4, -0.2) is 50.3 Å². The molecular formula is C10H20ClNO2S. The van der Waals surface area contributed by atoms with E-state index in [2.05, 4.69) is 4.90 Å². The summed E-state index contributed by atoms with van der Waals surface area (Å²) in [5.41, 5.74) is 0. The summed E-state index contributed by atoms with van der Waals surface area (Å²) >= 11 is 5.75. The molecule has 0 spiro atoms. The maximum absolute atomic E-state index is 11.1. The van der Waals surface area contributed by atoms with Crippen LogP contribution in [0.25, 0.3) is 0 Å². The van der Waals surface area contributed by atoms with Crippen molar-refractivity contribution in [3.63, 3.8) is 0 Å². The molecule has 0 radical (unpaired) electrons. The summed E-state index contributed by atoms with van der Waals surface area (Å²) in [6, 6.07) is 0.498. The van der Waals surface area contributed by atoms with Crippen molar-refractivity contribution < 1.29 is 8.42 Å². The molecule has 0 amide bonds. The van der Waals surface area contributed by atoms with Gasteiger partial charge in [-0.2, -0.15) is 0 Å². The van der Waals surface area contributed by atoms with Crippen molar-refractivity contribution in [3.05, 3.63) is 0 Å². The van der Waals surface area contributed by atoms with Gasteiger partial charge in [0.15, 0.2) is 0 Å². The zero-order valence-electron chi connectivity index (χ0n) is 9.28. The Morgan fingerprint density at radius 3 is 2.73 bits per heavy atom. The van der Waals surface area contributed by atoms with Gasteiger partial charge in [0.25, 0.3) is 0 Å². The average molecular weight is 254 g/mol. The third-order valence-electron chi connectivity index (χ3n) is 2.94. The SMILES string of the molecule is CS(=O)(=O)CCN1CCCCC1CCCl. The molecule has 0 aromatic rings. The Labute approximate surface area is 97.7 Å². The highest BCUT2D eigenvalue weighted by Gasteiger charge is 2.22.